The van der Waals surface area contributed by atoms with Crippen LogP contribution in [0.3, 0.4) is 0 Å². The predicted molar refractivity (Wildman–Crippen MR) is 93.9 cm³/mol. The van der Waals surface area contributed by atoms with Gasteiger partial charge in [-0.25, -0.2) is 9.18 Å². The lowest BCUT2D eigenvalue weighted by Crippen LogP contribution is -2.30. The van der Waals surface area contributed by atoms with E-state index < -0.39 is 23.8 Å². The molecule has 0 unspecified atom stereocenters. The number of anilines is 1. The first-order chi connectivity index (χ1) is 11.9. The molecular formula is C18H14FNO4S. The summed E-state index contributed by atoms with van der Waals surface area (Å²) in [5.41, 5.74) is 0.530. The number of rotatable bonds is 5. The normalized spacial score (nSPS) is 11.9. The molecule has 0 saturated carbocycles. The number of halogens is 1. The number of ether oxygens (including phenoxy) is 1. The lowest BCUT2D eigenvalue weighted by Gasteiger charge is -2.14. The fourth-order valence-corrected chi connectivity index (χ4v) is 3.15. The first-order valence-electron chi connectivity index (χ1n) is 7.42. The molecule has 1 atom stereocenters. The Kier molecular flexibility index (Phi) is 4.67. The summed E-state index contributed by atoms with van der Waals surface area (Å²) < 4.78 is 19.4. The molecular weight excluding hydrogens is 345 g/mol. The van der Waals surface area contributed by atoms with E-state index in [1.807, 2.05) is 0 Å². The van der Waals surface area contributed by atoms with E-state index in [0.29, 0.717) is 5.69 Å². The van der Waals surface area contributed by atoms with Crippen LogP contribution in [0.15, 0.2) is 48.5 Å². The van der Waals surface area contributed by atoms with Gasteiger partial charge in [-0.3, -0.25) is 4.79 Å². The van der Waals surface area contributed by atoms with E-state index in [4.69, 9.17) is 9.84 Å². The van der Waals surface area contributed by atoms with Gasteiger partial charge >= 0.3 is 5.97 Å². The molecule has 0 saturated heterocycles. The topological polar surface area (TPSA) is 75.6 Å². The van der Waals surface area contributed by atoms with E-state index >= 15 is 0 Å². The summed E-state index contributed by atoms with van der Waals surface area (Å²) in [5.74, 6) is -1.55. The summed E-state index contributed by atoms with van der Waals surface area (Å²) in [6, 6.07) is 12.3. The minimum absolute atomic E-state index is 0.237. The number of amides is 1. The lowest BCUT2D eigenvalue weighted by molar-refractivity contribution is -0.122. The molecule has 1 aromatic heterocycles. The van der Waals surface area contributed by atoms with E-state index in [0.717, 1.165) is 10.1 Å². The Morgan fingerprint density at radius 3 is 2.72 bits per heavy atom. The van der Waals surface area contributed by atoms with Crippen molar-refractivity contribution in [2.24, 2.45) is 0 Å². The fraction of sp³-hybridized carbons (Fsp3) is 0.111. The fourth-order valence-electron chi connectivity index (χ4n) is 2.27. The molecule has 25 heavy (non-hydrogen) atoms. The SMILES string of the molecule is C[C@@H](Oc1cccc(F)c1)C(=O)Nc1ccc2sc(C(=O)O)cc2c1. The summed E-state index contributed by atoms with van der Waals surface area (Å²) in [5, 5.41) is 12.5. The zero-order valence-electron chi connectivity index (χ0n) is 13.2. The standard InChI is InChI=1S/C18H14FNO4S/c1-10(24-14-4-2-3-12(19)9-14)17(21)20-13-5-6-15-11(7-13)8-16(25-15)18(22)23/h2-10H,1H3,(H,20,21)(H,22,23)/t10-/m1/s1. The minimum atomic E-state index is -0.982. The van der Waals surface area contributed by atoms with E-state index in [2.05, 4.69) is 5.32 Å². The molecule has 128 valence electrons. The summed E-state index contributed by atoms with van der Waals surface area (Å²) in [7, 11) is 0. The highest BCUT2D eigenvalue weighted by Crippen LogP contribution is 2.28. The number of carboxylic acids is 1. The molecule has 0 aliphatic heterocycles. The van der Waals surface area contributed by atoms with Crippen LogP contribution in [0.5, 0.6) is 5.75 Å². The van der Waals surface area contributed by atoms with Crippen LogP contribution < -0.4 is 10.1 Å². The molecule has 3 aromatic rings. The molecule has 3 rings (SSSR count). The van der Waals surface area contributed by atoms with Crippen molar-refractivity contribution >= 4 is 39.0 Å². The van der Waals surface area contributed by atoms with Crippen molar-refractivity contribution in [3.8, 4) is 5.75 Å². The lowest BCUT2D eigenvalue weighted by atomic mass is 10.2. The second kappa shape index (κ2) is 6.90. The number of nitrogens with one attached hydrogen (secondary N) is 1. The van der Waals surface area contributed by atoms with E-state index in [1.165, 1.54) is 29.5 Å². The van der Waals surface area contributed by atoms with Gasteiger partial charge in [0.05, 0.1) is 0 Å². The van der Waals surface area contributed by atoms with E-state index in [-0.39, 0.29) is 10.6 Å². The number of carboxylic acid groups (broad SMARTS) is 1. The van der Waals surface area contributed by atoms with Crippen LogP contribution in [0.25, 0.3) is 10.1 Å². The molecule has 0 spiro atoms. The van der Waals surface area contributed by atoms with Crippen LogP contribution >= 0.6 is 11.3 Å². The average Bonchev–Trinajstić information content (AvgIpc) is 2.98. The van der Waals surface area contributed by atoms with Crippen molar-refractivity contribution in [1.29, 1.82) is 0 Å². The molecule has 1 amide bonds. The first kappa shape index (κ1) is 16.9. The molecule has 0 aliphatic rings. The Hall–Kier alpha value is -2.93. The van der Waals surface area contributed by atoms with Gasteiger partial charge in [-0.1, -0.05) is 6.07 Å². The van der Waals surface area contributed by atoms with Crippen LogP contribution in [0.4, 0.5) is 10.1 Å². The van der Waals surface area contributed by atoms with E-state index in [9.17, 15) is 14.0 Å². The highest BCUT2D eigenvalue weighted by atomic mass is 32.1. The smallest absolute Gasteiger partial charge is 0.345 e. The number of thiophene rings is 1. The first-order valence-corrected chi connectivity index (χ1v) is 8.24. The van der Waals surface area contributed by atoms with Crippen molar-refractivity contribution in [3.05, 3.63) is 59.2 Å². The number of carbonyl (C=O) groups is 2. The van der Waals surface area contributed by atoms with Crippen LogP contribution in [0.2, 0.25) is 0 Å². The third-order valence-corrected chi connectivity index (χ3v) is 4.58. The third kappa shape index (κ3) is 3.95. The van der Waals surface area contributed by atoms with Gasteiger partial charge in [0, 0.05) is 16.5 Å². The quantitative estimate of drug-likeness (QED) is 0.718. The number of hydrogen-bond acceptors (Lipinski definition) is 4. The van der Waals surface area contributed by atoms with Gasteiger partial charge in [-0.2, -0.15) is 0 Å². The number of hydrogen-bond donors (Lipinski definition) is 2. The number of fused-ring (bicyclic) bond motifs is 1. The Morgan fingerprint density at radius 1 is 1.20 bits per heavy atom. The molecule has 2 aromatic carbocycles. The monoisotopic (exact) mass is 359 g/mol. The van der Waals surface area contributed by atoms with Crippen molar-refractivity contribution in [2.45, 2.75) is 13.0 Å². The predicted octanol–water partition coefficient (Wildman–Crippen LogP) is 4.14. The van der Waals surface area contributed by atoms with Gasteiger partial charge < -0.3 is 15.2 Å². The van der Waals surface area contributed by atoms with Gasteiger partial charge in [0.1, 0.15) is 16.4 Å². The Balaban J connectivity index is 1.71. The van der Waals surface area contributed by atoms with Crippen LogP contribution in [-0.4, -0.2) is 23.1 Å². The maximum atomic E-state index is 13.2. The minimum Gasteiger partial charge on any atom is -0.481 e. The summed E-state index contributed by atoms with van der Waals surface area (Å²) >= 11 is 1.17. The molecule has 0 bridgehead atoms. The Bertz CT molecular complexity index is 953. The van der Waals surface area contributed by atoms with Gasteiger partial charge in [0.15, 0.2) is 6.10 Å². The zero-order valence-corrected chi connectivity index (χ0v) is 14.0. The second-order valence-corrected chi connectivity index (χ2v) is 6.46. The zero-order chi connectivity index (χ0) is 18.0. The second-order valence-electron chi connectivity index (χ2n) is 5.38. The van der Waals surface area contributed by atoms with Crippen molar-refractivity contribution in [1.82, 2.24) is 0 Å². The van der Waals surface area contributed by atoms with Crippen molar-refractivity contribution < 1.29 is 23.8 Å². The van der Waals surface area contributed by atoms with Crippen molar-refractivity contribution in [2.75, 3.05) is 5.32 Å². The number of aromatic carboxylic acids is 1. The van der Waals surface area contributed by atoms with Gasteiger partial charge in [0.2, 0.25) is 0 Å². The number of carbonyl (C=O) groups excluding carboxylic acids is 1. The molecule has 0 fully saturated rings. The van der Waals surface area contributed by atoms with Crippen molar-refractivity contribution in [3.63, 3.8) is 0 Å². The maximum absolute atomic E-state index is 13.2. The van der Waals surface area contributed by atoms with Gasteiger partial charge in [0.25, 0.3) is 5.91 Å². The van der Waals surface area contributed by atoms with Crippen LogP contribution in [0.1, 0.15) is 16.6 Å². The summed E-state index contributed by atoms with van der Waals surface area (Å²) in [6.07, 6.45) is -0.824. The summed E-state index contributed by atoms with van der Waals surface area (Å²) in [6.45, 7) is 1.56. The highest BCUT2D eigenvalue weighted by Gasteiger charge is 2.16. The Morgan fingerprint density at radius 2 is 2.00 bits per heavy atom. The number of benzene rings is 2. The van der Waals surface area contributed by atoms with E-state index in [1.54, 1.807) is 37.3 Å². The molecule has 7 heteroatoms. The largest absolute Gasteiger partial charge is 0.481 e. The van der Waals surface area contributed by atoms with Crippen LogP contribution in [0, 0.1) is 5.82 Å². The van der Waals surface area contributed by atoms with Crippen LogP contribution in [-0.2, 0) is 4.79 Å². The van der Waals surface area contributed by atoms with Gasteiger partial charge in [-0.05, 0) is 48.7 Å². The molecule has 0 aliphatic carbocycles. The average molecular weight is 359 g/mol. The molecule has 5 nitrogen and oxygen atoms in total. The van der Waals surface area contributed by atoms with Gasteiger partial charge in [-0.15, -0.1) is 11.3 Å². The highest BCUT2D eigenvalue weighted by molar-refractivity contribution is 7.20. The third-order valence-electron chi connectivity index (χ3n) is 3.47. The summed E-state index contributed by atoms with van der Waals surface area (Å²) in [4.78, 5) is 23.5. The maximum Gasteiger partial charge on any atom is 0.345 e. The molecule has 1 heterocycles. The molecule has 0 radical (unpaired) electrons. The Labute approximate surface area is 146 Å². The molecule has 2 N–H and O–H groups in total.